The molecule has 0 N–H and O–H groups in total. The lowest BCUT2D eigenvalue weighted by Crippen LogP contribution is -2.40. The van der Waals surface area contributed by atoms with E-state index in [4.69, 9.17) is 9.47 Å². The molecule has 1 amide bonds. The van der Waals surface area contributed by atoms with Gasteiger partial charge in [0.05, 0.1) is 24.8 Å². The van der Waals surface area contributed by atoms with Gasteiger partial charge < -0.3 is 9.47 Å². The quantitative estimate of drug-likeness (QED) is 0.530. The molecule has 1 heterocycles. The third kappa shape index (κ3) is 3.54. The molecular weight excluding hydrogens is 400 g/mol. The van der Waals surface area contributed by atoms with Gasteiger partial charge in [-0.15, -0.1) is 0 Å². The van der Waals surface area contributed by atoms with Crippen molar-refractivity contribution in [3.63, 3.8) is 0 Å². The Kier molecular flexibility index (Phi) is 5.46. The largest absolute Gasteiger partial charge is 0.493 e. The summed E-state index contributed by atoms with van der Waals surface area (Å²) in [6.45, 7) is 0. The number of ether oxygens (including phenoxy) is 2. The molecule has 2 aromatic carbocycles. The molecule has 0 spiro atoms. The molecule has 1 atom stereocenters. The summed E-state index contributed by atoms with van der Waals surface area (Å²) in [5, 5.41) is 11.2. The van der Waals surface area contributed by atoms with E-state index in [9.17, 15) is 19.7 Å². The molecule has 1 unspecified atom stereocenters. The summed E-state index contributed by atoms with van der Waals surface area (Å²) in [6, 6.07) is 11.4. The number of nitro benzene ring substituents is 1. The van der Waals surface area contributed by atoms with Gasteiger partial charge in [-0.05, 0) is 25.0 Å². The number of methoxy groups -OCH3 is 2. The molecule has 0 radical (unpaired) electrons. The molecule has 2 aliphatic rings. The maximum atomic E-state index is 13.3. The molecule has 0 saturated heterocycles. The molecule has 0 aromatic heterocycles. The summed E-state index contributed by atoms with van der Waals surface area (Å²) in [7, 11) is 3.06. The molecule has 31 heavy (non-hydrogen) atoms. The predicted molar refractivity (Wildman–Crippen MR) is 113 cm³/mol. The number of non-ortho nitro benzene ring substituents is 1. The first kappa shape index (κ1) is 20.6. The molecule has 0 saturated carbocycles. The van der Waals surface area contributed by atoms with Crippen LogP contribution in [0, 0.1) is 10.1 Å². The second kappa shape index (κ2) is 8.22. The number of benzene rings is 2. The van der Waals surface area contributed by atoms with Crippen LogP contribution in [-0.2, 0) is 9.59 Å². The molecule has 1 aliphatic heterocycles. The van der Waals surface area contributed by atoms with Crippen molar-refractivity contribution in [2.45, 2.75) is 31.6 Å². The van der Waals surface area contributed by atoms with Crippen molar-refractivity contribution in [1.82, 2.24) is 0 Å². The van der Waals surface area contributed by atoms with Gasteiger partial charge in [0.15, 0.2) is 17.3 Å². The number of carbonyl (C=O) groups excluding carboxylic acids is 2. The number of nitro groups is 1. The summed E-state index contributed by atoms with van der Waals surface area (Å²) in [5.41, 5.74) is 2.20. The molecule has 4 rings (SSSR count). The number of amides is 1. The van der Waals surface area contributed by atoms with E-state index in [1.165, 1.54) is 31.3 Å². The minimum absolute atomic E-state index is 0.0148. The van der Waals surface area contributed by atoms with Gasteiger partial charge in [0.25, 0.3) is 5.69 Å². The molecule has 0 fully saturated rings. The minimum Gasteiger partial charge on any atom is -0.493 e. The van der Waals surface area contributed by atoms with Crippen molar-refractivity contribution in [1.29, 1.82) is 0 Å². The topological polar surface area (TPSA) is 99.0 Å². The van der Waals surface area contributed by atoms with Crippen molar-refractivity contribution in [3.05, 3.63) is 69.4 Å². The normalized spacial score (nSPS) is 18.6. The minimum atomic E-state index is -0.497. The Balaban J connectivity index is 1.89. The number of ketones is 1. The zero-order valence-electron chi connectivity index (χ0n) is 17.3. The van der Waals surface area contributed by atoms with E-state index < -0.39 is 10.8 Å². The van der Waals surface area contributed by atoms with Gasteiger partial charge >= 0.3 is 0 Å². The smallest absolute Gasteiger partial charge is 0.271 e. The summed E-state index contributed by atoms with van der Waals surface area (Å²) < 4.78 is 11.0. The maximum Gasteiger partial charge on any atom is 0.271 e. The number of hydrogen-bond acceptors (Lipinski definition) is 6. The summed E-state index contributed by atoms with van der Waals surface area (Å²) in [6.07, 6.45) is 1.62. The van der Waals surface area contributed by atoms with Crippen LogP contribution in [0.2, 0.25) is 0 Å². The number of rotatable bonds is 5. The molecule has 0 bridgehead atoms. The highest BCUT2D eigenvalue weighted by molar-refractivity contribution is 6.07. The van der Waals surface area contributed by atoms with Crippen molar-refractivity contribution in [2.75, 3.05) is 19.1 Å². The van der Waals surface area contributed by atoms with Gasteiger partial charge in [0.1, 0.15) is 0 Å². The Morgan fingerprint density at radius 1 is 1.06 bits per heavy atom. The van der Waals surface area contributed by atoms with E-state index in [1.807, 2.05) is 12.1 Å². The van der Waals surface area contributed by atoms with Crippen molar-refractivity contribution >= 4 is 23.1 Å². The zero-order chi connectivity index (χ0) is 22.1. The summed E-state index contributed by atoms with van der Waals surface area (Å²) >= 11 is 0. The van der Waals surface area contributed by atoms with Crippen LogP contribution in [0.15, 0.2) is 53.7 Å². The number of hydrogen-bond donors (Lipinski definition) is 0. The van der Waals surface area contributed by atoms with Gasteiger partial charge in [0, 0.05) is 47.7 Å². The van der Waals surface area contributed by atoms with Crippen LogP contribution in [-0.4, -0.2) is 30.8 Å². The SMILES string of the molecule is COc1cccc(C2CC(=O)N(c3cccc([N+](=O)[O-])c3)C3=C2C(=O)CCC3)c1OC. The van der Waals surface area contributed by atoms with Gasteiger partial charge in [-0.3, -0.25) is 24.6 Å². The number of carbonyl (C=O) groups is 2. The van der Waals surface area contributed by atoms with Crippen molar-refractivity contribution in [3.8, 4) is 11.5 Å². The monoisotopic (exact) mass is 422 g/mol. The molecule has 1 aliphatic carbocycles. The lowest BCUT2D eigenvalue weighted by Gasteiger charge is -2.38. The van der Waals surface area contributed by atoms with E-state index in [-0.39, 0.29) is 23.8 Å². The van der Waals surface area contributed by atoms with Gasteiger partial charge in [0.2, 0.25) is 5.91 Å². The van der Waals surface area contributed by atoms with Crippen LogP contribution in [0.4, 0.5) is 11.4 Å². The first-order chi connectivity index (χ1) is 15.0. The van der Waals surface area contributed by atoms with Crippen LogP contribution < -0.4 is 14.4 Å². The number of Topliss-reactive ketones (excluding diaryl/α,β-unsaturated/α-hetero) is 1. The third-order valence-electron chi connectivity index (χ3n) is 5.78. The van der Waals surface area contributed by atoms with E-state index in [2.05, 4.69) is 0 Å². The van der Waals surface area contributed by atoms with Gasteiger partial charge in [-0.2, -0.15) is 0 Å². The second-order valence-electron chi connectivity index (χ2n) is 7.48. The number of anilines is 1. The summed E-state index contributed by atoms with van der Waals surface area (Å²) in [4.78, 5) is 38.6. The molecular formula is C23H22N2O6. The molecule has 8 heteroatoms. The van der Waals surface area contributed by atoms with Gasteiger partial charge in [-0.1, -0.05) is 18.2 Å². The van der Waals surface area contributed by atoms with E-state index >= 15 is 0 Å². The first-order valence-electron chi connectivity index (χ1n) is 10.0. The van der Waals surface area contributed by atoms with Crippen LogP contribution >= 0.6 is 0 Å². The fourth-order valence-corrected chi connectivity index (χ4v) is 4.49. The Bertz CT molecular complexity index is 1110. The second-order valence-corrected chi connectivity index (χ2v) is 7.48. The standard InChI is InChI=1S/C23H22N2O6/c1-30-20-11-4-8-16(23(20)31-2)17-13-21(27)24(18-9-5-10-19(26)22(17)18)14-6-3-7-15(12-14)25(28)29/h3-4,6-8,11-12,17H,5,9-10,13H2,1-2H3. The average molecular weight is 422 g/mol. The first-order valence-corrected chi connectivity index (χ1v) is 10.0. The van der Waals surface area contributed by atoms with Crippen molar-refractivity contribution < 1.29 is 24.0 Å². The van der Waals surface area contributed by atoms with Crippen LogP contribution in [0.25, 0.3) is 0 Å². The Morgan fingerprint density at radius 3 is 2.55 bits per heavy atom. The van der Waals surface area contributed by atoms with E-state index in [0.29, 0.717) is 47.7 Å². The van der Waals surface area contributed by atoms with E-state index in [1.54, 1.807) is 18.2 Å². The van der Waals surface area contributed by atoms with Crippen LogP contribution in [0.5, 0.6) is 11.5 Å². The maximum absolute atomic E-state index is 13.3. The van der Waals surface area contributed by atoms with Crippen LogP contribution in [0.3, 0.4) is 0 Å². The molecule has 160 valence electrons. The predicted octanol–water partition coefficient (Wildman–Crippen LogP) is 4.14. The lowest BCUT2D eigenvalue weighted by atomic mass is 9.76. The Hall–Kier alpha value is -3.68. The fourth-order valence-electron chi connectivity index (χ4n) is 4.49. The van der Waals surface area contributed by atoms with Crippen LogP contribution in [0.1, 0.15) is 37.2 Å². The zero-order valence-corrected chi connectivity index (χ0v) is 17.3. The van der Waals surface area contributed by atoms with Crippen molar-refractivity contribution in [2.24, 2.45) is 0 Å². The Morgan fingerprint density at radius 2 is 1.84 bits per heavy atom. The average Bonchev–Trinajstić information content (AvgIpc) is 2.78. The Labute approximate surface area is 179 Å². The highest BCUT2D eigenvalue weighted by Crippen LogP contribution is 2.47. The number of nitrogens with zero attached hydrogens (tertiary/aromatic N) is 2. The van der Waals surface area contributed by atoms with Gasteiger partial charge in [-0.25, -0.2) is 0 Å². The molecule has 8 nitrogen and oxygen atoms in total. The molecule has 2 aromatic rings. The fraction of sp³-hybridized carbons (Fsp3) is 0.304. The highest BCUT2D eigenvalue weighted by Gasteiger charge is 2.41. The van der Waals surface area contributed by atoms with E-state index in [0.717, 1.165) is 5.56 Å². The number of allylic oxidation sites excluding steroid dienone is 2. The summed E-state index contributed by atoms with van der Waals surface area (Å²) in [5.74, 6) is 0.328. The number of para-hydroxylation sites is 1. The third-order valence-corrected chi connectivity index (χ3v) is 5.78. The highest BCUT2D eigenvalue weighted by atomic mass is 16.6. The lowest BCUT2D eigenvalue weighted by molar-refractivity contribution is -0.384.